The highest BCUT2D eigenvalue weighted by atomic mass is 32.2. The molecule has 0 N–H and O–H groups in total. The molecule has 0 spiro atoms. The van der Waals surface area contributed by atoms with E-state index in [1.165, 1.54) is 0 Å². The summed E-state index contributed by atoms with van der Waals surface area (Å²) < 4.78 is 5.37. The van der Waals surface area contributed by atoms with Gasteiger partial charge in [-0.3, -0.25) is 9.78 Å². The number of amides is 1. The van der Waals surface area contributed by atoms with Crippen molar-refractivity contribution in [1.29, 1.82) is 0 Å². The van der Waals surface area contributed by atoms with Crippen LogP contribution in [-0.2, 0) is 4.79 Å². The first kappa shape index (κ1) is 17.9. The Morgan fingerprint density at radius 3 is 2.84 bits per heavy atom. The second-order valence-electron chi connectivity index (χ2n) is 6.57. The first-order valence-corrected chi connectivity index (χ1v) is 9.79. The van der Waals surface area contributed by atoms with Gasteiger partial charge in [-0.1, -0.05) is 31.8 Å². The summed E-state index contributed by atoms with van der Waals surface area (Å²) in [4.78, 5) is 24.4. The molecule has 1 aliphatic heterocycles. The molecule has 1 saturated heterocycles. The van der Waals surface area contributed by atoms with E-state index in [2.05, 4.69) is 15.1 Å². The molecule has 0 saturated carbocycles. The Hall–Kier alpha value is -1.89. The highest BCUT2D eigenvalue weighted by Gasteiger charge is 2.30. The van der Waals surface area contributed by atoms with Crippen molar-refractivity contribution in [3.63, 3.8) is 0 Å². The number of nitrogens with zero attached hydrogens (tertiary/aromatic N) is 4. The third-order valence-corrected chi connectivity index (χ3v) is 5.33. The zero-order chi connectivity index (χ0) is 17.6. The van der Waals surface area contributed by atoms with Crippen LogP contribution in [0.5, 0.6) is 0 Å². The van der Waals surface area contributed by atoms with Gasteiger partial charge in [-0.15, -0.1) is 11.8 Å². The van der Waals surface area contributed by atoms with Crippen LogP contribution in [0.3, 0.4) is 0 Å². The van der Waals surface area contributed by atoms with Crippen molar-refractivity contribution in [3.05, 3.63) is 36.2 Å². The Bertz CT molecular complexity index is 689. The second kappa shape index (κ2) is 8.47. The molecule has 0 bridgehead atoms. The number of carbonyl (C=O) groups excluding carboxylic acids is 1. The molecule has 25 heavy (non-hydrogen) atoms. The predicted molar refractivity (Wildman–Crippen MR) is 96.3 cm³/mol. The number of hydrogen-bond donors (Lipinski definition) is 0. The van der Waals surface area contributed by atoms with Crippen LogP contribution in [0.2, 0.25) is 0 Å². The van der Waals surface area contributed by atoms with Crippen LogP contribution >= 0.6 is 11.8 Å². The van der Waals surface area contributed by atoms with Gasteiger partial charge < -0.3 is 9.42 Å². The van der Waals surface area contributed by atoms with Gasteiger partial charge >= 0.3 is 0 Å². The van der Waals surface area contributed by atoms with E-state index >= 15 is 0 Å². The van der Waals surface area contributed by atoms with Gasteiger partial charge in [0, 0.05) is 29.8 Å². The number of rotatable bonds is 5. The van der Waals surface area contributed by atoms with E-state index in [-0.39, 0.29) is 17.9 Å². The Kier molecular flexibility index (Phi) is 6.07. The average Bonchev–Trinajstić information content (AvgIpc) is 2.99. The summed E-state index contributed by atoms with van der Waals surface area (Å²) in [7, 11) is 0. The van der Waals surface area contributed by atoms with Gasteiger partial charge in [0.25, 0.3) is 0 Å². The number of thioether (sulfide) groups is 1. The molecule has 3 rings (SSSR count). The largest absolute Gasteiger partial charge is 0.339 e. The number of hydrogen-bond acceptors (Lipinski definition) is 6. The summed E-state index contributed by atoms with van der Waals surface area (Å²) in [6.45, 7) is 4.81. The molecule has 0 aliphatic carbocycles. The molecule has 0 aromatic carbocycles. The van der Waals surface area contributed by atoms with E-state index in [0.29, 0.717) is 17.5 Å². The maximum Gasteiger partial charge on any atom is 0.233 e. The fourth-order valence-corrected chi connectivity index (χ4v) is 3.72. The van der Waals surface area contributed by atoms with Crippen molar-refractivity contribution in [3.8, 4) is 0 Å². The third kappa shape index (κ3) is 4.60. The maximum absolute atomic E-state index is 12.9. The fraction of sp³-hybridized carbons (Fsp3) is 0.556. The lowest BCUT2D eigenvalue weighted by atomic mass is 10.1. The minimum Gasteiger partial charge on any atom is -0.339 e. The molecule has 1 atom stereocenters. The highest BCUT2D eigenvalue weighted by molar-refractivity contribution is 8.00. The summed E-state index contributed by atoms with van der Waals surface area (Å²) >= 11 is 1.54. The van der Waals surface area contributed by atoms with Crippen molar-refractivity contribution in [2.45, 2.75) is 56.4 Å². The average molecular weight is 360 g/mol. The first-order valence-electron chi connectivity index (χ1n) is 8.81. The van der Waals surface area contributed by atoms with E-state index < -0.39 is 0 Å². The summed E-state index contributed by atoms with van der Waals surface area (Å²) in [5, 5.41) is 4.16. The number of carbonyl (C=O) groups is 1. The van der Waals surface area contributed by atoms with Crippen LogP contribution in [0.4, 0.5) is 0 Å². The lowest BCUT2D eigenvalue weighted by molar-refractivity contribution is -0.130. The van der Waals surface area contributed by atoms with Crippen molar-refractivity contribution in [2.24, 2.45) is 0 Å². The minimum absolute atomic E-state index is 0.0794. The molecular weight excluding hydrogens is 336 g/mol. The van der Waals surface area contributed by atoms with Gasteiger partial charge in [0.05, 0.1) is 11.8 Å². The van der Waals surface area contributed by atoms with E-state index in [1.807, 2.05) is 30.9 Å². The zero-order valence-electron chi connectivity index (χ0n) is 14.7. The van der Waals surface area contributed by atoms with Crippen LogP contribution in [-0.4, -0.2) is 38.2 Å². The topological polar surface area (TPSA) is 72.1 Å². The fourth-order valence-electron chi connectivity index (χ4n) is 2.95. The molecular formula is C18H24N4O2S. The molecule has 7 heteroatoms. The van der Waals surface area contributed by atoms with Crippen LogP contribution < -0.4 is 0 Å². The number of likely N-dealkylation sites (tertiary alicyclic amines) is 1. The monoisotopic (exact) mass is 360 g/mol. The summed E-state index contributed by atoms with van der Waals surface area (Å²) in [6, 6.07) is 3.77. The van der Waals surface area contributed by atoms with E-state index in [9.17, 15) is 4.79 Å². The van der Waals surface area contributed by atoms with E-state index in [4.69, 9.17) is 4.52 Å². The first-order chi connectivity index (χ1) is 12.1. The molecule has 1 aliphatic rings. The van der Waals surface area contributed by atoms with Gasteiger partial charge in [-0.05, 0) is 25.0 Å². The number of aromatic nitrogens is 3. The summed E-state index contributed by atoms with van der Waals surface area (Å²) in [6.07, 6.45) is 7.62. The molecule has 134 valence electrons. The predicted octanol–water partition coefficient (Wildman–Crippen LogP) is 3.82. The molecule has 1 fully saturated rings. The van der Waals surface area contributed by atoms with E-state index in [0.717, 1.165) is 37.1 Å². The van der Waals surface area contributed by atoms with Gasteiger partial charge in [-0.25, -0.2) is 0 Å². The standard InChI is InChI=1S/C18H24N4O2S/c1-13(2)18-20-17(21-24-18)15-6-4-3-5-11-22(15)16(23)12-25-14-7-9-19-10-8-14/h7-10,13,15H,3-6,11-12H2,1-2H3/t15-/m0/s1. The zero-order valence-corrected chi connectivity index (χ0v) is 15.5. The molecule has 2 aromatic heterocycles. The van der Waals surface area contributed by atoms with E-state index in [1.54, 1.807) is 24.2 Å². The SMILES string of the molecule is CC(C)c1nc([C@@H]2CCCCCN2C(=O)CSc2ccncc2)no1. The second-order valence-corrected chi connectivity index (χ2v) is 7.62. The van der Waals surface area contributed by atoms with Crippen molar-refractivity contribution >= 4 is 17.7 Å². The number of pyridine rings is 1. The normalized spacial score (nSPS) is 18.4. The van der Waals surface area contributed by atoms with Gasteiger partial charge in [0.1, 0.15) is 0 Å². The molecule has 1 amide bonds. The Morgan fingerprint density at radius 1 is 1.32 bits per heavy atom. The molecule has 2 aromatic rings. The third-order valence-electron chi connectivity index (χ3n) is 4.33. The lowest BCUT2D eigenvalue weighted by Crippen LogP contribution is -2.36. The van der Waals surface area contributed by atoms with Crippen LogP contribution in [0.25, 0.3) is 0 Å². The van der Waals surface area contributed by atoms with Crippen LogP contribution in [0.15, 0.2) is 33.9 Å². The maximum atomic E-state index is 12.9. The lowest BCUT2D eigenvalue weighted by Gasteiger charge is -2.27. The minimum atomic E-state index is -0.0794. The molecule has 0 unspecified atom stereocenters. The quantitative estimate of drug-likeness (QED) is 0.755. The van der Waals surface area contributed by atoms with Crippen LogP contribution in [0, 0.1) is 0 Å². The van der Waals surface area contributed by atoms with Crippen molar-refractivity contribution < 1.29 is 9.32 Å². The van der Waals surface area contributed by atoms with Crippen molar-refractivity contribution in [1.82, 2.24) is 20.0 Å². The molecule has 0 radical (unpaired) electrons. The Balaban J connectivity index is 1.71. The summed E-state index contributed by atoms with van der Waals surface area (Å²) in [5.41, 5.74) is 0. The summed E-state index contributed by atoms with van der Waals surface area (Å²) in [5.74, 6) is 2.02. The Morgan fingerprint density at radius 2 is 2.12 bits per heavy atom. The van der Waals surface area contributed by atoms with Crippen molar-refractivity contribution in [2.75, 3.05) is 12.3 Å². The molecule has 3 heterocycles. The van der Waals surface area contributed by atoms with Gasteiger partial charge in [-0.2, -0.15) is 4.98 Å². The van der Waals surface area contributed by atoms with Crippen LogP contribution in [0.1, 0.15) is 63.2 Å². The Labute approximate surface area is 152 Å². The molecule has 6 nitrogen and oxygen atoms in total. The smallest absolute Gasteiger partial charge is 0.233 e. The van der Waals surface area contributed by atoms with Gasteiger partial charge in [0.15, 0.2) is 5.82 Å². The highest BCUT2D eigenvalue weighted by Crippen LogP contribution is 2.30. The van der Waals surface area contributed by atoms with Gasteiger partial charge in [0.2, 0.25) is 11.8 Å².